The molecule has 0 radical (unpaired) electrons. The number of amides is 1. The highest BCUT2D eigenvalue weighted by atomic mass is 35.5. The minimum Gasteiger partial charge on any atom is -0.495 e. The van der Waals surface area contributed by atoms with Crippen molar-refractivity contribution in [3.63, 3.8) is 0 Å². The maximum atomic E-state index is 12.3. The van der Waals surface area contributed by atoms with E-state index in [9.17, 15) is 10.1 Å². The van der Waals surface area contributed by atoms with Crippen LogP contribution >= 0.6 is 11.6 Å². The van der Waals surface area contributed by atoms with Crippen LogP contribution in [0, 0.1) is 11.5 Å². The summed E-state index contributed by atoms with van der Waals surface area (Å²) in [6, 6.07) is 6.25. The summed E-state index contributed by atoms with van der Waals surface area (Å²) in [6.07, 6.45) is 9.90. The van der Waals surface area contributed by atoms with E-state index in [1.165, 1.54) is 13.3 Å². The number of hydrogen-bond acceptors (Lipinski definition) is 6. The van der Waals surface area contributed by atoms with Gasteiger partial charge in [-0.3, -0.25) is 9.78 Å². The molecule has 29 heavy (non-hydrogen) atoms. The molecule has 7 nitrogen and oxygen atoms in total. The summed E-state index contributed by atoms with van der Waals surface area (Å²) in [5.41, 5.74) is 1.89. The fourth-order valence-corrected chi connectivity index (χ4v) is 4.56. The molecule has 2 bridgehead atoms. The van der Waals surface area contributed by atoms with E-state index in [0.29, 0.717) is 34.6 Å². The lowest BCUT2D eigenvalue weighted by Crippen LogP contribution is -2.38. The van der Waals surface area contributed by atoms with Gasteiger partial charge in [0.25, 0.3) is 0 Å². The number of methoxy groups -OCH3 is 1. The molecule has 2 fully saturated rings. The largest absolute Gasteiger partial charge is 0.495 e. The number of carbonyl (C=O) groups excluding carboxylic acids is 1. The molecule has 2 aliphatic heterocycles. The Morgan fingerprint density at radius 3 is 2.69 bits per heavy atom. The van der Waals surface area contributed by atoms with Crippen LogP contribution in [0.4, 0.5) is 5.82 Å². The summed E-state index contributed by atoms with van der Waals surface area (Å²) >= 11 is 5.95. The zero-order valence-corrected chi connectivity index (χ0v) is 16.9. The summed E-state index contributed by atoms with van der Waals surface area (Å²) in [5, 5.41) is 12.4. The quantitative estimate of drug-likeness (QED) is 0.757. The molecule has 150 valence electrons. The standard InChI is InChI=1S/C21H22ClN5O2/c1-29-19-9-20(25-11-17(19)22)26-21(28)6-13-2-5-18(24-10-13)14-7-15-3-4-16(8-14)27(15)12-23/h2,5,9-11,14-16H,3-4,6-8H2,1H3,(H,25,26,28). The van der Waals surface area contributed by atoms with Crippen LogP contribution in [-0.4, -0.2) is 40.0 Å². The number of ether oxygens (including phenoxy) is 1. The maximum Gasteiger partial charge on any atom is 0.230 e. The topological polar surface area (TPSA) is 91.1 Å². The fraction of sp³-hybridized carbons (Fsp3) is 0.429. The van der Waals surface area contributed by atoms with E-state index in [1.54, 1.807) is 12.3 Å². The van der Waals surface area contributed by atoms with Gasteiger partial charge in [0.2, 0.25) is 5.91 Å². The number of carbonyl (C=O) groups is 1. The third-order valence-electron chi connectivity index (χ3n) is 5.79. The Balaban J connectivity index is 1.36. The van der Waals surface area contributed by atoms with E-state index in [4.69, 9.17) is 16.3 Å². The molecule has 2 unspecified atom stereocenters. The molecule has 8 heteroatoms. The molecule has 2 aliphatic rings. The first kappa shape index (κ1) is 19.5. The third kappa shape index (κ3) is 4.13. The monoisotopic (exact) mass is 411 g/mol. The van der Waals surface area contributed by atoms with Crippen molar-refractivity contribution in [1.29, 1.82) is 5.26 Å². The van der Waals surface area contributed by atoms with Crippen LogP contribution in [0.5, 0.6) is 5.75 Å². The van der Waals surface area contributed by atoms with E-state index in [2.05, 4.69) is 21.5 Å². The minimum atomic E-state index is -0.184. The van der Waals surface area contributed by atoms with E-state index in [-0.39, 0.29) is 12.3 Å². The SMILES string of the molecule is COc1cc(NC(=O)Cc2ccc(C3CC4CCC(C3)N4C#N)nc2)ncc1Cl. The molecule has 0 saturated carbocycles. The van der Waals surface area contributed by atoms with Gasteiger partial charge in [0.15, 0.2) is 6.19 Å². The van der Waals surface area contributed by atoms with Gasteiger partial charge in [0, 0.05) is 36.0 Å². The molecule has 0 aliphatic carbocycles. The second kappa shape index (κ2) is 8.26. The molecule has 2 saturated heterocycles. The van der Waals surface area contributed by atoms with Gasteiger partial charge in [-0.15, -0.1) is 0 Å². The van der Waals surface area contributed by atoms with Crippen molar-refractivity contribution in [2.24, 2.45) is 0 Å². The van der Waals surface area contributed by atoms with Crippen LogP contribution in [0.2, 0.25) is 5.02 Å². The number of nitrogens with zero attached hydrogens (tertiary/aromatic N) is 4. The number of pyridine rings is 2. The summed E-state index contributed by atoms with van der Waals surface area (Å²) in [5.74, 6) is 1.04. The molecule has 4 heterocycles. The first-order valence-electron chi connectivity index (χ1n) is 9.69. The molecule has 0 aromatic carbocycles. The average molecular weight is 412 g/mol. The number of fused-ring (bicyclic) bond motifs is 2. The second-order valence-corrected chi connectivity index (χ2v) is 7.99. The zero-order valence-electron chi connectivity index (χ0n) is 16.1. The minimum absolute atomic E-state index is 0.184. The Morgan fingerprint density at radius 1 is 1.31 bits per heavy atom. The lowest BCUT2D eigenvalue weighted by atomic mass is 9.88. The van der Waals surface area contributed by atoms with Crippen molar-refractivity contribution < 1.29 is 9.53 Å². The van der Waals surface area contributed by atoms with Gasteiger partial charge < -0.3 is 15.0 Å². The Bertz CT molecular complexity index is 929. The Kier molecular flexibility index (Phi) is 5.54. The molecular formula is C21H22ClN5O2. The van der Waals surface area contributed by atoms with Crippen LogP contribution in [0.15, 0.2) is 30.6 Å². The van der Waals surface area contributed by atoms with Crippen LogP contribution in [0.25, 0.3) is 0 Å². The highest BCUT2D eigenvalue weighted by molar-refractivity contribution is 6.32. The molecule has 1 amide bonds. The average Bonchev–Trinajstić information content (AvgIpc) is 2.97. The number of nitriles is 1. The van der Waals surface area contributed by atoms with Gasteiger partial charge in [0.05, 0.1) is 19.7 Å². The van der Waals surface area contributed by atoms with Gasteiger partial charge in [-0.05, 0) is 37.3 Å². The van der Waals surface area contributed by atoms with Crippen molar-refractivity contribution in [2.45, 2.75) is 50.1 Å². The summed E-state index contributed by atoms with van der Waals surface area (Å²) in [7, 11) is 1.51. The number of anilines is 1. The van der Waals surface area contributed by atoms with Crippen molar-refractivity contribution in [3.05, 3.63) is 46.9 Å². The normalized spacial score (nSPS) is 22.8. The summed E-state index contributed by atoms with van der Waals surface area (Å²) in [6.45, 7) is 0. The van der Waals surface area contributed by atoms with Crippen LogP contribution in [0.1, 0.15) is 42.9 Å². The summed E-state index contributed by atoms with van der Waals surface area (Å²) in [4.78, 5) is 23.0. The van der Waals surface area contributed by atoms with Gasteiger partial charge in [-0.25, -0.2) is 4.98 Å². The first-order chi connectivity index (χ1) is 14.1. The molecule has 1 N–H and O–H groups in total. The summed E-state index contributed by atoms with van der Waals surface area (Å²) < 4.78 is 5.14. The Morgan fingerprint density at radius 2 is 2.07 bits per heavy atom. The number of aromatic nitrogens is 2. The lowest BCUT2D eigenvalue weighted by Gasteiger charge is -2.35. The maximum absolute atomic E-state index is 12.3. The highest BCUT2D eigenvalue weighted by Crippen LogP contribution is 2.42. The van der Waals surface area contributed by atoms with Crippen LogP contribution < -0.4 is 10.1 Å². The molecule has 0 spiro atoms. The highest BCUT2D eigenvalue weighted by Gasteiger charge is 2.41. The van der Waals surface area contributed by atoms with Crippen LogP contribution in [-0.2, 0) is 11.2 Å². The van der Waals surface area contributed by atoms with E-state index in [0.717, 1.165) is 36.9 Å². The van der Waals surface area contributed by atoms with E-state index in [1.807, 2.05) is 17.0 Å². The zero-order chi connectivity index (χ0) is 20.4. The number of rotatable bonds is 5. The fourth-order valence-electron chi connectivity index (χ4n) is 4.38. The van der Waals surface area contributed by atoms with Gasteiger partial charge in [0.1, 0.15) is 16.6 Å². The van der Waals surface area contributed by atoms with Gasteiger partial charge >= 0.3 is 0 Å². The van der Waals surface area contributed by atoms with Crippen LogP contribution in [0.3, 0.4) is 0 Å². The number of halogens is 1. The van der Waals surface area contributed by atoms with E-state index < -0.39 is 0 Å². The number of hydrogen-bond donors (Lipinski definition) is 1. The van der Waals surface area contributed by atoms with Crippen molar-refractivity contribution >= 4 is 23.3 Å². The predicted octanol–water partition coefficient (Wildman–Crippen LogP) is 3.51. The molecule has 2 atom stereocenters. The van der Waals surface area contributed by atoms with Crippen molar-refractivity contribution in [3.8, 4) is 11.9 Å². The predicted molar refractivity (Wildman–Crippen MR) is 109 cm³/mol. The van der Waals surface area contributed by atoms with Gasteiger partial charge in [-0.2, -0.15) is 5.26 Å². The molecule has 2 aromatic heterocycles. The second-order valence-electron chi connectivity index (χ2n) is 7.58. The number of nitrogens with one attached hydrogen (secondary N) is 1. The lowest BCUT2D eigenvalue weighted by molar-refractivity contribution is -0.115. The first-order valence-corrected chi connectivity index (χ1v) is 10.1. The van der Waals surface area contributed by atoms with E-state index >= 15 is 0 Å². The third-order valence-corrected chi connectivity index (χ3v) is 6.07. The van der Waals surface area contributed by atoms with Gasteiger partial charge in [-0.1, -0.05) is 17.7 Å². The number of piperidine rings is 1. The Labute approximate surface area is 174 Å². The Hall–Kier alpha value is -2.85. The molecule has 2 aromatic rings. The molecular weight excluding hydrogens is 390 g/mol. The van der Waals surface area contributed by atoms with Crippen molar-refractivity contribution in [2.75, 3.05) is 12.4 Å². The van der Waals surface area contributed by atoms with Crippen molar-refractivity contribution in [1.82, 2.24) is 14.9 Å². The smallest absolute Gasteiger partial charge is 0.230 e. The molecule has 4 rings (SSSR count).